The number of hydrogen-bond acceptors (Lipinski definition) is 3. The van der Waals surface area contributed by atoms with Crippen molar-refractivity contribution in [2.24, 2.45) is 5.92 Å². The second-order valence-corrected chi connectivity index (χ2v) is 7.48. The van der Waals surface area contributed by atoms with E-state index in [0.717, 1.165) is 30.7 Å². The lowest BCUT2D eigenvalue weighted by molar-refractivity contribution is -0.127. The smallest absolute Gasteiger partial charge is 0.227 e. The van der Waals surface area contributed by atoms with Gasteiger partial charge in [0, 0.05) is 18.7 Å². The summed E-state index contributed by atoms with van der Waals surface area (Å²) in [6.45, 7) is 2.97. The number of rotatable bonds is 5. The van der Waals surface area contributed by atoms with Crippen LogP contribution in [-0.4, -0.2) is 25.0 Å². The van der Waals surface area contributed by atoms with Gasteiger partial charge in [-0.1, -0.05) is 24.3 Å². The van der Waals surface area contributed by atoms with E-state index in [1.807, 2.05) is 43.3 Å². The van der Waals surface area contributed by atoms with Gasteiger partial charge >= 0.3 is 0 Å². The molecule has 2 amide bonds. The first-order valence-electron chi connectivity index (χ1n) is 10.1. The zero-order valence-corrected chi connectivity index (χ0v) is 16.2. The molecule has 1 aliphatic heterocycles. The van der Waals surface area contributed by atoms with Crippen LogP contribution >= 0.6 is 0 Å². The van der Waals surface area contributed by atoms with Crippen LogP contribution < -0.4 is 15.0 Å². The number of aryl methyl sites for hydroxylation is 1. The number of carbonyl (C=O) groups excluding carboxylic acids is 2. The van der Waals surface area contributed by atoms with Crippen molar-refractivity contribution in [1.29, 1.82) is 0 Å². The van der Waals surface area contributed by atoms with Gasteiger partial charge in [-0.2, -0.15) is 0 Å². The number of ether oxygens (including phenoxy) is 1. The first-order valence-corrected chi connectivity index (χ1v) is 10.1. The van der Waals surface area contributed by atoms with Gasteiger partial charge in [-0.15, -0.1) is 0 Å². The average molecular weight is 378 g/mol. The molecular formula is C23H26N2O3. The summed E-state index contributed by atoms with van der Waals surface area (Å²) in [5, 5.41) is 3.20. The normalized spacial score (nSPS) is 21.3. The molecule has 0 radical (unpaired) electrons. The van der Waals surface area contributed by atoms with E-state index in [-0.39, 0.29) is 30.2 Å². The van der Waals surface area contributed by atoms with Crippen LogP contribution in [0.1, 0.15) is 43.4 Å². The molecule has 1 aliphatic carbocycles. The molecule has 146 valence electrons. The summed E-state index contributed by atoms with van der Waals surface area (Å²) in [7, 11) is 0. The van der Waals surface area contributed by atoms with Crippen molar-refractivity contribution in [2.75, 3.05) is 18.1 Å². The van der Waals surface area contributed by atoms with Gasteiger partial charge in [-0.05, 0) is 61.6 Å². The molecule has 0 spiro atoms. The summed E-state index contributed by atoms with van der Waals surface area (Å²) in [5.74, 6) is 0.438. The Balaban J connectivity index is 1.42. The third kappa shape index (κ3) is 3.75. The molecule has 2 aromatic carbocycles. The summed E-state index contributed by atoms with van der Waals surface area (Å²) in [5.41, 5.74) is 3.35. The molecule has 5 heteroatoms. The van der Waals surface area contributed by atoms with E-state index in [2.05, 4.69) is 17.4 Å². The summed E-state index contributed by atoms with van der Waals surface area (Å²) < 4.78 is 5.46. The zero-order chi connectivity index (χ0) is 19.5. The molecule has 1 saturated heterocycles. The van der Waals surface area contributed by atoms with Crippen LogP contribution in [0.15, 0.2) is 48.5 Å². The molecule has 1 heterocycles. The number of fused-ring (bicyclic) bond motifs is 1. The van der Waals surface area contributed by atoms with Crippen molar-refractivity contribution in [3.63, 3.8) is 0 Å². The highest BCUT2D eigenvalue weighted by Crippen LogP contribution is 2.31. The molecule has 1 N–H and O–H groups in total. The fraction of sp³-hybridized carbons (Fsp3) is 0.391. The first kappa shape index (κ1) is 18.5. The molecule has 2 unspecified atom stereocenters. The van der Waals surface area contributed by atoms with Crippen molar-refractivity contribution in [2.45, 2.75) is 38.6 Å². The molecule has 28 heavy (non-hydrogen) atoms. The van der Waals surface area contributed by atoms with Crippen LogP contribution in [0.4, 0.5) is 5.69 Å². The van der Waals surface area contributed by atoms with Gasteiger partial charge in [0.15, 0.2) is 0 Å². The van der Waals surface area contributed by atoms with Crippen molar-refractivity contribution < 1.29 is 14.3 Å². The average Bonchev–Trinajstić information content (AvgIpc) is 3.11. The fourth-order valence-electron chi connectivity index (χ4n) is 4.22. The van der Waals surface area contributed by atoms with Gasteiger partial charge in [0.25, 0.3) is 0 Å². The number of benzene rings is 2. The van der Waals surface area contributed by atoms with Gasteiger partial charge < -0.3 is 15.0 Å². The molecule has 2 atom stereocenters. The minimum absolute atomic E-state index is 0.00615. The van der Waals surface area contributed by atoms with Crippen LogP contribution in [0.25, 0.3) is 0 Å². The van der Waals surface area contributed by atoms with Crippen LogP contribution in [0.5, 0.6) is 5.75 Å². The Hall–Kier alpha value is -2.82. The van der Waals surface area contributed by atoms with E-state index in [1.54, 1.807) is 4.90 Å². The molecule has 5 nitrogen and oxygen atoms in total. The van der Waals surface area contributed by atoms with Crippen molar-refractivity contribution >= 4 is 17.5 Å². The van der Waals surface area contributed by atoms with Crippen LogP contribution in [0.2, 0.25) is 0 Å². The number of hydrogen-bond donors (Lipinski definition) is 1. The maximum Gasteiger partial charge on any atom is 0.227 e. The zero-order valence-electron chi connectivity index (χ0n) is 16.2. The molecule has 2 aromatic rings. The SMILES string of the molecule is CCOc1ccc(N2CC(C(=O)NC3CCCc4ccccc43)CC2=O)cc1. The van der Waals surface area contributed by atoms with Crippen LogP contribution in [-0.2, 0) is 16.0 Å². The lowest BCUT2D eigenvalue weighted by Crippen LogP contribution is -2.36. The van der Waals surface area contributed by atoms with Crippen molar-refractivity contribution in [3.05, 3.63) is 59.7 Å². The monoisotopic (exact) mass is 378 g/mol. The Morgan fingerprint density at radius 2 is 1.96 bits per heavy atom. The van der Waals surface area contributed by atoms with E-state index >= 15 is 0 Å². The number of nitrogens with zero attached hydrogens (tertiary/aromatic N) is 1. The Labute approximate surface area is 165 Å². The maximum atomic E-state index is 12.9. The summed E-state index contributed by atoms with van der Waals surface area (Å²) >= 11 is 0. The van der Waals surface area contributed by atoms with Crippen LogP contribution in [0.3, 0.4) is 0 Å². The first-order chi connectivity index (χ1) is 13.7. The number of nitrogens with one attached hydrogen (secondary N) is 1. The van der Waals surface area contributed by atoms with E-state index in [1.165, 1.54) is 11.1 Å². The van der Waals surface area contributed by atoms with Crippen molar-refractivity contribution in [1.82, 2.24) is 5.32 Å². The number of anilines is 1. The third-order valence-corrected chi connectivity index (χ3v) is 5.64. The molecule has 1 fully saturated rings. The van der Waals surface area contributed by atoms with E-state index in [0.29, 0.717) is 13.2 Å². The minimum atomic E-state index is -0.312. The predicted molar refractivity (Wildman–Crippen MR) is 108 cm³/mol. The van der Waals surface area contributed by atoms with E-state index < -0.39 is 0 Å². The van der Waals surface area contributed by atoms with Gasteiger partial charge in [-0.25, -0.2) is 0 Å². The molecule has 0 bridgehead atoms. The molecule has 2 aliphatic rings. The Morgan fingerprint density at radius 1 is 1.18 bits per heavy atom. The summed E-state index contributed by atoms with van der Waals surface area (Å²) in [4.78, 5) is 27.1. The Bertz CT molecular complexity index is 862. The summed E-state index contributed by atoms with van der Waals surface area (Å²) in [6, 6.07) is 15.8. The third-order valence-electron chi connectivity index (χ3n) is 5.64. The van der Waals surface area contributed by atoms with Gasteiger partial charge in [0.1, 0.15) is 5.75 Å². The number of carbonyl (C=O) groups is 2. The predicted octanol–water partition coefficient (Wildman–Crippen LogP) is 3.63. The number of amides is 2. The Morgan fingerprint density at radius 3 is 2.75 bits per heavy atom. The largest absolute Gasteiger partial charge is 0.494 e. The lowest BCUT2D eigenvalue weighted by Gasteiger charge is -2.27. The van der Waals surface area contributed by atoms with Crippen molar-refractivity contribution in [3.8, 4) is 5.75 Å². The van der Waals surface area contributed by atoms with E-state index in [9.17, 15) is 9.59 Å². The second kappa shape index (κ2) is 8.05. The lowest BCUT2D eigenvalue weighted by atomic mass is 9.87. The molecular weight excluding hydrogens is 352 g/mol. The van der Waals surface area contributed by atoms with Gasteiger partial charge in [-0.3, -0.25) is 9.59 Å². The Kier molecular flexibility index (Phi) is 5.33. The highest BCUT2D eigenvalue weighted by atomic mass is 16.5. The quantitative estimate of drug-likeness (QED) is 0.864. The van der Waals surface area contributed by atoms with Gasteiger partial charge in [0.05, 0.1) is 18.6 Å². The van der Waals surface area contributed by atoms with Crippen LogP contribution in [0, 0.1) is 5.92 Å². The fourth-order valence-corrected chi connectivity index (χ4v) is 4.22. The highest BCUT2D eigenvalue weighted by molar-refractivity contribution is 6.00. The second-order valence-electron chi connectivity index (χ2n) is 7.48. The van der Waals surface area contributed by atoms with E-state index in [4.69, 9.17) is 4.74 Å². The molecule has 0 saturated carbocycles. The minimum Gasteiger partial charge on any atom is -0.494 e. The molecule has 0 aromatic heterocycles. The van der Waals surface area contributed by atoms with Gasteiger partial charge in [0.2, 0.25) is 11.8 Å². The summed E-state index contributed by atoms with van der Waals surface area (Å²) in [6.07, 6.45) is 3.35. The molecule has 4 rings (SSSR count). The topological polar surface area (TPSA) is 58.6 Å². The standard InChI is InChI=1S/C23H26N2O3/c1-2-28-19-12-10-18(11-13-19)25-15-17(14-22(25)26)23(27)24-21-9-5-7-16-6-3-4-8-20(16)21/h3-4,6,8,10-13,17,21H,2,5,7,9,14-15H2,1H3,(H,24,27). The highest BCUT2D eigenvalue weighted by Gasteiger charge is 2.36. The maximum absolute atomic E-state index is 12.9.